The van der Waals surface area contributed by atoms with Gasteiger partial charge in [0.25, 0.3) is 5.91 Å². The van der Waals surface area contributed by atoms with Crippen LogP contribution in [0.2, 0.25) is 0 Å². The molecule has 1 aliphatic heterocycles. The number of nitrogen functional groups attached to an aromatic ring is 1. The highest BCUT2D eigenvalue weighted by Crippen LogP contribution is 2.17. The van der Waals surface area contributed by atoms with Gasteiger partial charge in [0.1, 0.15) is 5.56 Å². The number of nitrogens with one attached hydrogen (secondary N) is 1. The number of likely N-dealkylation sites (N-methyl/N-ethyl adjacent to an activating group) is 1. The van der Waals surface area contributed by atoms with E-state index in [1.165, 1.54) is 6.42 Å². The molecule has 0 radical (unpaired) electrons. The van der Waals surface area contributed by atoms with Gasteiger partial charge in [-0.1, -0.05) is 0 Å². The summed E-state index contributed by atoms with van der Waals surface area (Å²) in [6.07, 6.45) is 3.43. The molecule has 0 aromatic carbocycles. The Hall–Kier alpha value is -1.56. The van der Waals surface area contributed by atoms with Gasteiger partial charge in [-0.3, -0.25) is 9.89 Å². The molecule has 1 atom stereocenters. The molecular formula is C12H20N4O2. The summed E-state index contributed by atoms with van der Waals surface area (Å²) >= 11 is 0. The number of hydrogen-bond acceptors (Lipinski definition) is 4. The standard InChI is InChI=1S/C12H20N4O2/c1-8-10(11(13)15-14-8)12(17)16(2)7-9-5-3-4-6-18-9/h9H,3-7H2,1-2H3,(H3,13,14,15). The quantitative estimate of drug-likeness (QED) is 0.838. The van der Waals surface area contributed by atoms with E-state index in [9.17, 15) is 4.79 Å². The monoisotopic (exact) mass is 252 g/mol. The molecule has 6 nitrogen and oxygen atoms in total. The highest BCUT2D eigenvalue weighted by molar-refractivity contribution is 5.99. The number of anilines is 1. The van der Waals surface area contributed by atoms with E-state index in [0.717, 1.165) is 19.4 Å². The zero-order valence-electron chi connectivity index (χ0n) is 10.9. The number of rotatable bonds is 3. The molecule has 1 fully saturated rings. The lowest BCUT2D eigenvalue weighted by atomic mass is 10.1. The molecule has 0 bridgehead atoms. The fraction of sp³-hybridized carbons (Fsp3) is 0.667. The Bertz CT molecular complexity index is 404. The van der Waals surface area contributed by atoms with Crippen LogP contribution in [0.5, 0.6) is 0 Å². The molecule has 1 amide bonds. The molecule has 1 aromatic heterocycles. The maximum absolute atomic E-state index is 12.3. The maximum Gasteiger partial charge on any atom is 0.259 e. The highest BCUT2D eigenvalue weighted by Gasteiger charge is 2.23. The maximum atomic E-state index is 12.3. The van der Waals surface area contributed by atoms with Crippen LogP contribution in [0.15, 0.2) is 0 Å². The van der Waals surface area contributed by atoms with Gasteiger partial charge in [-0.05, 0) is 26.2 Å². The Morgan fingerprint density at radius 3 is 2.94 bits per heavy atom. The van der Waals surface area contributed by atoms with Gasteiger partial charge in [0.15, 0.2) is 5.82 Å². The second-order valence-corrected chi connectivity index (χ2v) is 4.78. The van der Waals surface area contributed by atoms with E-state index < -0.39 is 0 Å². The molecule has 100 valence electrons. The molecular weight excluding hydrogens is 232 g/mol. The van der Waals surface area contributed by atoms with E-state index in [1.54, 1.807) is 18.9 Å². The number of ether oxygens (including phenoxy) is 1. The third-order valence-corrected chi connectivity index (χ3v) is 3.29. The molecule has 1 aliphatic rings. The Morgan fingerprint density at radius 1 is 1.61 bits per heavy atom. The summed E-state index contributed by atoms with van der Waals surface area (Å²) in [6, 6.07) is 0. The average Bonchev–Trinajstić information content (AvgIpc) is 2.69. The van der Waals surface area contributed by atoms with Crippen LogP contribution in [-0.2, 0) is 4.74 Å². The predicted octanol–water partition coefficient (Wildman–Crippen LogP) is 0.941. The summed E-state index contributed by atoms with van der Waals surface area (Å²) in [5, 5.41) is 6.56. The minimum atomic E-state index is -0.104. The first kappa shape index (κ1) is 12.9. The molecule has 0 aliphatic carbocycles. The lowest BCUT2D eigenvalue weighted by molar-refractivity contribution is -0.000184. The first-order chi connectivity index (χ1) is 8.59. The number of aromatic amines is 1. The van der Waals surface area contributed by atoms with E-state index in [2.05, 4.69) is 10.2 Å². The third-order valence-electron chi connectivity index (χ3n) is 3.29. The Morgan fingerprint density at radius 2 is 2.39 bits per heavy atom. The Balaban J connectivity index is 2.00. The van der Waals surface area contributed by atoms with Gasteiger partial charge in [0, 0.05) is 25.9 Å². The molecule has 6 heteroatoms. The van der Waals surface area contributed by atoms with Gasteiger partial charge in [0.05, 0.1) is 6.10 Å². The number of amides is 1. The summed E-state index contributed by atoms with van der Waals surface area (Å²) in [5.41, 5.74) is 6.86. The molecule has 2 rings (SSSR count). The van der Waals surface area contributed by atoms with Crippen molar-refractivity contribution in [1.82, 2.24) is 15.1 Å². The summed E-state index contributed by atoms with van der Waals surface area (Å²) in [4.78, 5) is 13.9. The zero-order chi connectivity index (χ0) is 13.1. The van der Waals surface area contributed by atoms with Crippen molar-refractivity contribution < 1.29 is 9.53 Å². The molecule has 1 aromatic rings. The van der Waals surface area contributed by atoms with Gasteiger partial charge in [-0.15, -0.1) is 0 Å². The number of carbonyl (C=O) groups is 1. The van der Waals surface area contributed by atoms with Crippen LogP contribution in [-0.4, -0.2) is 47.3 Å². The SMILES string of the molecule is Cc1[nH]nc(N)c1C(=O)N(C)CC1CCCCO1. The summed E-state index contributed by atoms with van der Waals surface area (Å²) in [6.45, 7) is 3.18. The van der Waals surface area contributed by atoms with Crippen molar-refractivity contribution in [3.8, 4) is 0 Å². The van der Waals surface area contributed by atoms with Crippen LogP contribution in [0.3, 0.4) is 0 Å². The number of hydrogen-bond donors (Lipinski definition) is 2. The largest absolute Gasteiger partial charge is 0.382 e. The smallest absolute Gasteiger partial charge is 0.259 e. The number of aryl methyl sites for hydroxylation is 1. The third kappa shape index (κ3) is 2.64. The van der Waals surface area contributed by atoms with Gasteiger partial charge in [-0.2, -0.15) is 5.10 Å². The minimum absolute atomic E-state index is 0.104. The average molecular weight is 252 g/mol. The lowest BCUT2D eigenvalue weighted by Crippen LogP contribution is -2.37. The first-order valence-corrected chi connectivity index (χ1v) is 6.27. The van der Waals surface area contributed by atoms with Crippen molar-refractivity contribution in [1.29, 1.82) is 0 Å². The van der Waals surface area contributed by atoms with Gasteiger partial charge < -0.3 is 15.4 Å². The van der Waals surface area contributed by atoms with Crippen LogP contribution in [0.1, 0.15) is 35.3 Å². The number of carbonyl (C=O) groups excluding carboxylic acids is 1. The Kier molecular flexibility index (Phi) is 3.86. The van der Waals surface area contributed by atoms with Crippen molar-refractivity contribution in [2.45, 2.75) is 32.3 Å². The van der Waals surface area contributed by atoms with Crippen LogP contribution < -0.4 is 5.73 Å². The fourth-order valence-electron chi connectivity index (χ4n) is 2.25. The van der Waals surface area contributed by atoms with Crippen LogP contribution in [0, 0.1) is 6.92 Å². The van der Waals surface area contributed by atoms with Crippen LogP contribution in [0.25, 0.3) is 0 Å². The van der Waals surface area contributed by atoms with Crippen LogP contribution in [0.4, 0.5) is 5.82 Å². The van der Waals surface area contributed by atoms with E-state index in [-0.39, 0.29) is 17.8 Å². The summed E-state index contributed by atoms with van der Waals surface area (Å²) in [7, 11) is 1.77. The number of nitrogens with zero attached hydrogens (tertiary/aromatic N) is 2. The number of nitrogens with two attached hydrogens (primary N) is 1. The van der Waals surface area contributed by atoms with Crippen molar-refractivity contribution in [2.24, 2.45) is 0 Å². The van der Waals surface area contributed by atoms with E-state index in [4.69, 9.17) is 10.5 Å². The van der Waals surface area contributed by atoms with Crippen molar-refractivity contribution in [3.63, 3.8) is 0 Å². The van der Waals surface area contributed by atoms with Crippen molar-refractivity contribution in [2.75, 3.05) is 25.9 Å². The van der Waals surface area contributed by atoms with Crippen molar-refractivity contribution >= 4 is 11.7 Å². The predicted molar refractivity (Wildman–Crippen MR) is 68.3 cm³/mol. The van der Waals surface area contributed by atoms with E-state index >= 15 is 0 Å². The van der Waals surface area contributed by atoms with Crippen molar-refractivity contribution in [3.05, 3.63) is 11.3 Å². The fourth-order valence-corrected chi connectivity index (χ4v) is 2.25. The zero-order valence-corrected chi connectivity index (χ0v) is 10.9. The second-order valence-electron chi connectivity index (χ2n) is 4.78. The minimum Gasteiger partial charge on any atom is -0.382 e. The molecule has 3 N–H and O–H groups in total. The van der Waals surface area contributed by atoms with E-state index in [0.29, 0.717) is 17.8 Å². The molecule has 0 spiro atoms. The molecule has 1 saturated heterocycles. The highest BCUT2D eigenvalue weighted by atomic mass is 16.5. The first-order valence-electron chi connectivity index (χ1n) is 6.27. The van der Waals surface area contributed by atoms with Gasteiger partial charge in [0.2, 0.25) is 0 Å². The Labute approximate surface area is 106 Å². The van der Waals surface area contributed by atoms with E-state index in [1.807, 2.05) is 0 Å². The topological polar surface area (TPSA) is 84.2 Å². The molecule has 1 unspecified atom stereocenters. The molecule has 2 heterocycles. The summed E-state index contributed by atoms with van der Waals surface area (Å²) < 4.78 is 5.63. The summed E-state index contributed by atoms with van der Waals surface area (Å²) in [5.74, 6) is 0.154. The van der Waals surface area contributed by atoms with Crippen LogP contribution >= 0.6 is 0 Å². The molecule has 0 saturated carbocycles. The van der Waals surface area contributed by atoms with Gasteiger partial charge >= 0.3 is 0 Å². The normalized spacial score (nSPS) is 19.8. The second kappa shape index (κ2) is 5.39. The lowest BCUT2D eigenvalue weighted by Gasteiger charge is -2.27. The van der Waals surface area contributed by atoms with Gasteiger partial charge in [-0.25, -0.2) is 0 Å². The number of H-pyrrole nitrogens is 1. The molecule has 18 heavy (non-hydrogen) atoms. The number of aromatic nitrogens is 2.